The minimum absolute atomic E-state index is 0.180. The Hall–Kier alpha value is -3.42. The van der Waals surface area contributed by atoms with Gasteiger partial charge in [0.2, 0.25) is 0 Å². The number of carbonyl (C=O) groups excluding carboxylic acids is 1. The van der Waals surface area contributed by atoms with Crippen LogP contribution in [0.2, 0.25) is 0 Å². The van der Waals surface area contributed by atoms with Crippen molar-refractivity contribution < 1.29 is 9.53 Å². The summed E-state index contributed by atoms with van der Waals surface area (Å²) >= 11 is 0. The van der Waals surface area contributed by atoms with E-state index >= 15 is 0 Å². The molecule has 3 heterocycles. The molecule has 0 radical (unpaired) electrons. The van der Waals surface area contributed by atoms with E-state index in [1.54, 1.807) is 6.07 Å². The molecule has 1 unspecified atom stereocenters. The van der Waals surface area contributed by atoms with Gasteiger partial charge in [-0.15, -0.1) is 0 Å². The minimum Gasteiger partial charge on any atom is -0.493 e. The van der Waals surface area contributed by atoms with Crippen LogP contribution in [0.25, 0.3) is 11.0 Å². The summed E-state index contributed by atoms with van der Waals surface area (Å²) in [6, 6.07) is 11.4. The number of piperidine rings is 1. The van der Waals surface area contributed by atoms with E-state index in [0.717, 1.165) is 37.1 Å². The second-order valence-electron chi connectivity index (χ2n) is 8.95. The van der Waals surface area contributed by atoms with Crippen molar-refractivity contribution in [2.75, 3.05) is 19.7 Å². The molecule has 8 nitrogen and oxygen atoms in total. The molecule has 1 saturated heterocycles. The number of hydrogen-bond acceptors (Lipinski definition) is 5. The van der Waals surface area contributed by atoms with Crippen LogP contribution in [0.5, 0.6) is 5.75 Å². The third-order valence-corrected chi connectivity index (χ3v) is 6.55. The highest BCUT2D eigenvalue weighted by Crippen LogP contribution is 2.40. The molecule has 0 bridgehead atoms. The summed E-state index contributed by atoms with van der Waals surface area (Å²) in [5.41, 5.74) is 0.387. The third-order valence-electron chi connectivity index (χ3n) is 6.55. The zero-order chi connectivity index (χ0) is 22.9. The standard InChI is InChI=1S/C25H28N4O4/c1-2-29-22-21(23(30)27-25(29)32)19(13-20(26-22)17-10-11-17)24(31)28-12-6-7-16(14-28)15-33-18-8-4-3-5-9-18/h3-5,8-9,13,16-17H,2,6-7,10-12,14-15H2,1H3,(H,27,30,32). The number of carbonyl (C=O) groups is 1. The van der Waals surface area contributed by atoms with Gasteiger partial charge in [0, 0.05) is 37.2 Å². The Bertz CT molecular complexity index is 1290. The Balaban J connectivity index is 1.46. The summed E-state index contributed by atoms with van der Waals surface area (Å²) in [6.07, 6.45) is 3.88. The highest BCUT2D eigenvalue weighted by molar-refractivity contribution is 6.05. The van der Waals surface area contributed by atoms with Gasteiger partial charge in [0.25, 0.3) is 11.5 Å². The van der Waals surface area contributed by atoms with Gasteiger partial charge in [-0.05, 0) is 50.8 Å². The van der Waals surface area contributed by atoms with E-state index in [9.17, 15) is 14.4 Å². The number of aromatic nitrogens is 3. The largest absolute Gasteiger partial charge is 0.493 e. The number of fused-ring (bicyclic) bond motifs is 1. The number of nitrogens with zero attached hydrogens (tertiary/aromatic N) is 3. The Morgan fingerprint density at radius 1 is 1.18 bits per heavy atom. The normalized spacial score (nSPS) is 18.5. The second kappa shape index (κ2) is 8.84. The molecule has 1 amide bonds. The average Bonchev–Trinajstić information content (AvgIpc) is 3.68. The summed E-state index contributed by atoms with van der Waals surface area (Å²) < 4.78 is 7.37. The molecule has 3 aromatic rings. The number of pyridine rings is 1. The van der Waals surface area contributed by atoms with Crippen molar-refractivity contribution >= 4 is 16.9 Å². The van der Waals surface area contributed by atoms with Gasteiger partial charge in [0.1, 0.15) is 5.75 Å². The molecule has 172 valence electrons. The van der Waals surface area contributed by atoms with Crippen molar-refractivity contribution in [2.24, 2.45) is 5.92 Å². The molecule has 2 fully saturated rings. The van der Waals surface area contributed by atoms with Crippen molar-refractivity contribution in [3.05, 3.63) is 68.5 Å². The lowest BCUT2D eigenvalue weighted by Crippen LogP contribution is -2.42. The lowest BCUT2D eigenvalue weighted by atomic mass is 9.97. The molecule has 1 aromatic carbocycles. The van der Waals surface area contributed by atoms with E-state index in [-0.39, 0.29) is 23.1 Å². The van der Waals surface area contributed by atoms with Crippen LogP contribution in [0.3, 0.4) is 0 Å². The Morgan fingerprint density at radius 3 is 2.70 bits per heavy atom. The lowest BCUT2D eigenvalue weighted by Gasteiger charge is -2.33. The van der Waals surface area contributed by atoms with Crippen LogP contribution in [0.1, 0.15) is 54.6 Å². The summed E-state index contributed by atoms with van der Waals surface area (Å²) in [6.45, 7) is 3.93. The number of rotatable bonds is 6. The molecular weight excluding hydrogens is 420 g/mol. The molecule has 5 rings (SSSR count). The molecule has 1 saturated carbocycles. The number of para-hydroxylation sites is 1. The maximum Gasteiger partial charge on any atom is 0.329 e. The number of nitrogens with one attached hydrogen (secondary N) is 1. The van der Waals surface area contributed by atoms with E-state index < -0.39 is 11.2 Å². The van der Waals surface area contributed by atoms with Crippen LogP contribution in [0.15, 0.2) is 46.0 Å². The maximum absolute atomic E-state index is 13.7. The second-order valence-corrected chi connectivity index (χ2v) is 8.95. The number of benzene rings is 1. The van der Waals surface area contributed by atoms with Crippen molar-refractivity contribution in [3.63, 3.8) is 0 Å². The van der Waals surface area contributed by atoms with Gasteiger partial charge < -0.3 is 9.64 Å². The van der Waals surface area contributed by atoms with E-state index in [2.05, 4.69) is 9.97 Å². The van der Waals surface area contributed by atoms with E-state index in [1.165, 1.54) is 4.57 Å². The van der Waals surface area contributed by atoms with E-state index in [0.29, 0.717) is 37.5 Å². The van der Waals surface area contributed by atoms with Gasteiger partial charge in [0.15, 0.2) is 5.65 Å². The smallest absolute Gasteiger partial charge is 0.329 e. The zero-order valence-electron chi connectivity index (χ0n) is 18.8. The van der Waals surface area contributed by atoms with Crippen molar-refractivity contribution in [1.82, 2.24) is 19.4 Å². The highest BCUT2D eigenvalue weighted by Gasteiger charge is 2.31. The van der Waals surface area contributed by atoms with Crippen molar-refractivity contribution in [2.45, 2.75) is 45.1 Å². The van der Waals surface area contributed by atoms with Gasteiger partial charge in [-0.1, -0.05) is 18.2 Å². The SMILES string of the molecule is CCn1c(=O)[nH]c(=O)c2c(C(=O)N3CCCC(COc4ccccc4)C3)cc(C3CC3)nc21. The van der Waals surface area contributed by atoms with Gasteiger partial charge >= 0.3 is 5.69 Å². The highest BCUT2D eigenvalue weighted by atomic mass is 16.5. The Kier molecular flexibility index (Phi) is 5.74. The number of ether oxygens (including phenoxy) is 1. The number of H-pyrrole nitrogens is 1. The number of hydrogen-bond donors (Lipinski definition) is 1. The quantitative estimate of drug-likeness (QED) is 0.625. The van der Waals surface area contributed by atoms with Crippen molar-refractivity contribution in [3.8, 4) is 5.75 Å². The van der Waals surface area contributed by atoms with Gasteiger partial charge in [-0.25, -0.2) is 9.78 Å². The van der Waals surface area contributed by atoms with Gasteiger partial charge in [-0.3, -0.25) is 19.1 Å². The minimum atomic E-state index is -0.557. The van der Waals surface area contributed by atoms with Crippen LogP contribution in [-0.2, 0) is 6.54 Å². The number of aromatic amines is 1. The number of likely N-dealkylation sites (tertiary alicyclic amines) is 1. The molecule has 2 aromatic heterocycles. The fourth-order valence-corrected chi connectivity index (χ4v) is 4.63. The van der Waals surface area contributed by atoms with Crippen LogP contribution in [-0.4, -0.2) is 45.0 Å². The van der Waals surface area contributed by atoms with Crippen LogP contribution in [0.4, 0.5) is 0 Å². The Morgan fingerprint density at radius 2 is 1.97 bits per heavy atom. The molecule has 0 spiro atoms. The fraction of sp³-hybridized carbons (Fsp3) is 0.440. The molecule has 8 heteroatoms. The molecular formula is C25H28N4O4. The number of amides is 1. The average molecular weight is 449 g/mol. The van der Waals surface area contributed by atoms with Gasteiger partial charge in [0.05, 0.1) is 17.6 Å². The molecule has 1 aliphatic carbocycles. The Labute approximate surface area is 191 Å². The van der Waals surface area contributed by atoms with E-state index in [1.807, 2.05) is 42.2 Å². The first-order valence-corrected chi connectivity index (χ1v) is 11.7. The van der Waals surface area contributed by atoms with Crippen LogP contribution < -0.4 is 16.0 Å². The molecule has 1 atom stereocenters. The molecule has 1 aliphatic heterocycles. The monoisotopic (exact) mass is 448 g/mol. The van der Waals surface area contributed by atoms with Crippen LogP contribution in [0, 0.1) is 5.92 Å². The predicted octanol–water partition coefficient (Wildman–Crippen LogP) is 2.91. The predicted molar refractivity (Wildman–Crippen MR) is 125 cm³/mol. The maximum atomic E-state index is 13.7. The lowest BCUT2D eigenvalue weighted by molar-refractivity contribution is 0.0635. The number of aryl methyl sites for hydroxylation is 1. The fourth-order valence-electron chi connectivity index (χ4n) is 4.63. The molecule has 33 heavy (non-hydrogen) atoms. The first kappa shape index (κ1) is 21.4. The van der Waals surface area contributed by atoms with Gasteiger partial charge in [-0.2, -0.15) is 0 Å². The first-order chi connectivity index (χ1) is 16.0. The summed E-state index contributed by atoms with van der Waals surface area (Å²) in [7, 11) is 0. The topological polar surface area (TPSA) is 97.3 Å². The summed E-state index contributed by atoms with van der Waals surface area (Å²) in [4.78, 5) is 47.7. The summed E-state index contributed by atoms with van der Waals surface area (Å²) in [5, 5.41) is 0.202. The van der Waals surface area contributed by atoms with Crippen molar-refractivity contribution in [1.29, 1.82) is 0 Å². The first-order valence-electron chi connectivity index (χ1n) is 11.7. The zero-order valence-corrected chi connectivity index (χ0v) is 18.8. The summed E-state index contributed by atoms with van der Waals surface area (Å²) in [5.74, 6) is 1.14. The van der Waals surface area contributed by atoms with E-state index in [4.69, 9.17) is 4.74 Å². The third kappa shape index (κ3) is 4.29. The van der Waals surface area contributed by atoms with Crippen LogP contribution >= 0.6 is 0 Å². The molecule has 2 aliphatic rings. The molecule has 1 N–H and O–H groups in total.